The number of nitrogens with one attached hydrogen (secondary N) is 1. The topological polar surface area (TPSA) is 115 Å². The Hall–Kier alpha value is -4.08. The maximum atomic E-state index is 12.8. The number of carbonyl (C=O) groups excluding carboxylic acids is 1. The van der Waals surface area contributed by atoms with Gasteiger partial charge in [0.25, 0.3) is 5.91 Å². The van der Waals surface area contributed by atoms with Crippen molar-refractivity contribution < 1.29 is 9.53 Å². The average molecular weight is 471 g/mol. The Balaban J connectivity index is 1.40. The first-order valence-electron chi connectivity index (χ1n) is 11.5. The van der Waals surface area contributed by atoms with E-state index in [1.165, 1.54) is 18.0 Å². The van der Waals surface area contributed by atoms with Crippen LogP contribution in [0.4, 0.5) is 11.6 Å². The largest absolute Gasteiger partial charge is 0.379 e. The molecule has 1 aliphatic rings. The van der Waals surface area contributed by atoms with E-state index in [0.29, 0.717) is 11.6 Å². The molecule has 1 amide bonds. The van der Waals surface area contributed by atoms with Gasteiger partial charge in [0.05, 0.1) is 18.6 Å². The third kappa shape index (κ3) is 5.06. The zero-order valence-electron chi connectivity index (χ0n) is 19.2. The number of morpholine rings is 1. The number of hydrogen-bond donors (Lipinski definition) is 2. The molecular weight excluding hydrogens is 444 g/mol. The van der Waals surface area contributed by atoms with E-state index >= 15 is 0 Å². The summed E-state index contributed by atoms with van der Waals surface area (Å²) in [6.45, 7) is 4.57. The van der Waals surface area contributed by atoms with Crippen LogP contribution >= 0.6 is 0 Å². The van der Waals surface area contributed by atoms with Crippen LogP contribution in [-0.2, 0) is 11.2 Å². The number of aromatic nitrogens is 3. The minimum absolute atomic E-state index is 0.113. The Labute approximate surface area is 202 Å². The summed E-state index contributed by atoms with van der Waals surface area (Å²) in [6.07, 6.45) is 3.83. The lowest BCUT2D eigenvalue weighted by Gasteiger charge is -2.26. The lowest BCUT2D eigenvalue weighted by Crippen LogP contribution is -2.37. The van der Waals surface area contributed by atoms with Crippen molar-refractivity contribution in [2.45, 2.75) is 6.42 Å². The quantitative estimate of drug-likeness (QED) is 0.426. The number of fused-ring (bicyclic) bond motifs is 1. The molecule has 1 aliphatic heterocycles. The summed E-state index contributed by atoms with van der Waals surface area (Å²) in [5.41, 5.74) is 8.05. The molecule has 0 radical (unpaired) electrons. The second-order valence-corrected chi connectivity index (χ2v) is 8.40. The van der Waals surface area contributed by atoms with E-state index in [0.717, 1.165) is 50.6 Å². The Morgan fingerprint density at radius 3 is 2.51 bits per heavy atom. The lowest BCUT2D eigenvalue weighted by molar-refractivity contribution is 0.0384. The van der Waals surface area contributed by atoms with E-state index in [1.807, 2.05) is 42.5 Å². The van der Waals surface area contributed by atoms with Gasteiger partial charge in [-0.2, -0.15) is 4.98 Å². The highest BCUT2D eigenvalue weighted by atomic mass is 16.5. The van der Waals surface area contributed by atoms with Crippen LogP contribution in [0.1, 0.15) is 15.9 Å². The minimum atomic E-state index is -0.794. The third-order valence-corrected chi connectivity index (χ3v) is 6.07. The minimum Gasteiger partial charge on any atom is -0.379 e. The van der Waals surface area contributed by atoms with E-state index in [1.54, 1.807) is 4.57 Å². The van der Waals surface area contributed by atoms with Gasteiger partial charge < -0.3 is 20.4 Å². The Kier molecular flexibility index (Phi) is 6.51. The van der Waals surface area contributed by atoms with Gasteiger partial charge >= 0.3 is 0 Å². The predicted octanol–water partition coefficient (Wildman–Crippen LogP) is 2.50. The smallest absolute Gasteiger partial charge is 0.254 e. The van der Waals surface area contributed by atoms with Crippen molar-refractivity contribution in [1.82, 2.24) is 19.4 Å². The van der Waals surface area contributed by atoms with Gasteiger partial charge in [-0.15, -0.1) is 0 Å². The van der Waals surface area contributed by atoms with E-state index in [-0.39, 0.29) is 10.9 Å². The molecule has 4 aromatic rings. The van der Waals surface area contributed by atoms with Crippen molar-refractivity contribution in [3.8, 4) is 5.69 Å². The standard InChI is InChI=1S/C26H26N6O3/c27-24(34)22-17-32(20-4-2-1-3-5-20)25-21(23(22)33)16-28-26(30-25)29-19-8-6-18(7-9-19)10-11-31-12-14-35-15-13-31/h1-9,16-17H,10-15H2,(H2,27,34)(H,28,29,30). The fourth-order valence-corrected chi connectivity index (χ4v) is 4.13. The van der Waals surface area contributed by atoms with Crippen molar-refractivity contribution in [2.24, 2.45) is 5.73 Å². The summed E-state index contributed by atoms with van der Waals surface area (Å²) in [5.74, 6) is -0.452. The van der Waals surface area contributed by atoms with Crippen LogP contribution < -0.4 is 16.5 Å². The highest BCUT2D eigenvalue weighted by Gasteiger charge is 2.16. The number of rotatable bonds is 7. The number of anilines is 2. The average Bonchev–Trinajstić information content (AvgIpc) is 2.89. The summed E-state index contributed by atoms with van der Waals surface area (Å²) < 4.78 is 7.08. The maximum absolute atomic E-state index is 12.8. The molecule has 35 heavy (non-hydrogen) atoms. The number of para-hydroxylation sites is 1. The van der Waals surface area contributed by atoms with Crippen molar-refractivity contribution in [1.29, 1.82) is 0 Å². The molecule has 3 N–H and O–H groups in total. The molecule has 5 rings (SSSR count). The molecule has 2 aromatic heterocycles. The molecule has 0 unspecified atom stereocenters. The van der Waals surface area contributed by atoms with Crippen LogP contribution in [0.5, 0.6) is 0 Å². The fourth-order valence-electron chi connectivity index (χ4n) is 4.13. The van der Waals surface area contributed by atoms with Crippen LogP contribution in [-0.4, -0.2) is 58.2 Å². The second-order valence-electron chi connectivity index (χ2n) is 8.40. The van der Waals surface area contributed by atoms with Crippen LogP contribution in [0.25, 0.3) is 16.7 Å². The molecule has 1 saturated heterocycles. The highest BCUT2D eigenvalue weighted by molar-refractivity contribution is 5.96. The molecule has 2 aromatic carbocycles. The van der Waals surface area contributed by atoms with Crippen LogP contribution in [0.2, 0.25) is 0 Å². The van der Waals surface area contributed by atoms with Gasteiger partial charge in [-0.3, -0.25) is 14.5 Å². The van der Waals surface area contributed by atoms with Gasteiger partial charge in [-0.1, -0.05) is 30.3 Å². The zero-order chi connectivity index (χ0) is 24.2. The first-order chi connectivity index (χ1) is 17.1. The first kappa shape index (κ1) is 22.7. The predicted molar refractivity (Wildman–Crippen MR) is 134 cm³/mol. The molecule has 3 heterocycles. The Morgan fingerprint density at radius 2 is 1.80 bits per heavy atom. The summed E-state index contributed by atoms with van der Waals surface area (Å²) >= 11 is 0. The summed E-state index contributed by atoms with van der Waals surface area (Å²) in [6, 6.07) is 17.5. The van der Waals surface area contributed by atoms with E-state index in [2.05, 4.69) is 32.3 Å². The molecule has 178 valence electrons. The normalized spacial score (nSPS) is 14.2. The molecule has 0 spiro atoms. The maximum Gasteiger partial charge on any atom is 0.254 e. The lowest BCUT2D eigenvalue weighted by atomic mass is 10.1. The molecule has 0 saturated carbocycles. The fraction of sp³-hybridized carbons (Fsp3) is 0.231. The van der Waals surface area contributed by atoms with Crippen molar-refractivity contribution in [3.05, 3.63) is 88.3 Å². The third-order valence-electron chi connectivity index (χ3n) is 6.07. The van der Waals surface area contributed by atoms with Gasteiger partial charge in [0, 0.05) is 43.4 Å². The van der Waals surface area contributed by atoms with Crippen LogP contribution in [0.3, 0.4) is 0 Å². The number of carbonyl (C=O) groups is 1. The molecule has 9 heteroatoms. The highest BCUT2D eigenvalue weighted by Crippen LogP contribution is 2.19. The monoisotopic (exact) mass is 470 g/mol. The number of pyridine rings is 1. The van der Waals surface area contributed by atoms with Gasteiger partial charge in [0.2, 0.25) is 11.4 Å². The molecule has 1 fully saturated rings. The summed E-state index contributed by atoms with van der Waals surface area (Å²) in [5, 5.41) is 3.42. The summed E-state index contributed by atoms with van der Waals surface area (Å²) in [4.78, 5) is 36.0. The molecule has 0 atom stereocenters. The van der Waals surface area contributed by atoms with E-state index < -0.39 is 11.3 Å². The summed E-state index contributed by atoms with van der Waals surface area (Å²) in [7, 11) is 0. The molecular formula is C26H26N6O3. The number of primary amides is 1. The SMILES string of the molecule is NC(=O)c1cn(-c2ccccc2)c2nc(Nc3ccc(CCN4CCOCC4)cc3)ncc2c1=O. The Morgan fingerprint density at radius 1 is 1.06 bits per heavy atom. The molecule has 0 bridgehead atoms. The van der Waals surface area contributed by atoms with Crippen molar-refractivity contribution in [2.75, 3.05) is 38.2 Å². The Bertz CT molecular complexity index is 1400. The van der Waals surface area contributed by atoms with Crippen molar-refractivity contribution in [3.63, 3.8) is 0 Å². The zero-order valence-corrected chi connectivity index (χ0v) is 19.2. The first-order valence-corrected chi connectivity index (χ1v) is 11.5. The van der Waals surface area contributed by atoms with Gasteiger partial charge in [-0.25, -0.2) is 4.98 Å². The van der Waals surface area contributed by atoms with Crippen molar-refractivity contribution >= 4 is 28.6 Å². The van der Waals surface area contributed by atoms with Gasteiger partial charge in [-0.05, 0) is 36.2 Å². The number of hydrogen-bond acceptors (Lipinski definition) is 7. The molecule has 0 aliphatic carbocycles. The van der Waals surface area contributed by atoms with E-state index in [4.69, 9.17) is 10.5 Å². The number of nitrogens with two attached hydrogens (primary N) is 1. The number of nitrogens with zero attached hydrogens (tertiary/aromatic N) is 4. The van der Waals surface area contributed by atoms with Gasteiger partial charge in [0.15, 0.2) is 5.65 Å². The van der Waals surface area contributed by atoms with Crippen LogP contribution in [0.15, 0.2) is 71.8 Å². The number of benzene rings is 2. The van der Waals surface area contributed by atoms with Gasteiger partial charge in [0.1, 0.15) is 5.56 Å². The number of ether oxygens (including phenoxy) is 1. The second kappa shape index (κ2) is 10.0. The number of amides is 1. The molecule has 9 nitrogen and oxygen atoms in total. The van der Waals surface area contributed by atoms with Crippen LogP contribution in [0, 0.1) is 0 Å². The van der Waals surface area contributed by atoms with E-state index in [9.17, 15) is 9.59 Å².